The highest BCUT2D eigenvalue weighted by Crippen LogP contribution is 2.08. The van der Waals surface area contributed by atoms with E-state index in [1.165, 1.54) is 12.5 Å². The number of carboxylic acids is 1. The summed E-state index contributed by atoms with van der Waals surface area (Å²) in [5.74, 6) is -1.27. The van der Waals surface area contributed by atoms with Crippen molar-refractivity contribution in [3.63, 3.8) is 0 Å². The zero-order valence-corrected chi connectivity index (χ0v) is 11.2. The average molecular weight is 277 g/mol. The number of carboxylic acid groups (broad SMARTS) is 1. The number of carbonyl (C=O) groups is 2. The molecule has 0 unspecified atom stereocenters. The zero-order chi connectivity index (χ0) is 14.7. The molecule has 1 amide bonds. The fraction of sp³-hybridized carbons (Fsp3) is 0.333. The van der Waals surface area contributed by atoms with Gasteiger partial charge in [0.1, 0.15) is 0 Å². The van der Waals surface area contributed by atoms with Crippen molar-refractivity contribution < 1.29 is 14.7 Å². The summed E-state index contributed by atoms with van der Waals surface area (Å²) < 4.78 is 1.61. The molecule has 2 aromatic heterocycles. The van der Waals surface area contributed by atoms with Gasteiger partial charge in [0.15, 0.2) is 5.69 Å². The van der Waals surface area contributed by atoms with Gasteiger partial charge in [0.25, 0.3) is 5.91 Å². The molecule has 0 aliphatic carbocycles. The van der Waals surface area contributed by atoms with Crippen molar-refractivity contribution in [2.75, 3.05) is 6.54 Å². The van der Waals surface area contributed by atoms with Gasteiger partial charge in [0.2, 0.25) is 0 Å². The third kappa shape index (κ3) is 2.85. The SMILES string of the molecule is Cc1n[nH]c(C)c1C(=O)NCCn1cnc(C(=O)O)c1. The van der Waals surface area contributed by atoms with Crippen LogP contribution in [0.5, 0.6) is 0 Å². The number of aromatic carboxylic acids is 1. The molecule has 2 heterocycles. The lowest BCUT2D eigenvalue weighted by atomic mass is 10.2. The minimum atomic E-state index is -1.07. The van der Waals surface area contributed by atoms with E-state index < -0.39 is 5.97 Å². The van der Waals surface area contributed by atoms with Gasteiger partial charge in [0.05, 0.1) is 17.6 Å². The van der Waals surface area contributed by atoms with E-state index in [0.717, 1.165) is 5.69 Å². The molecule has 2 rings (SSSR count). The summed E-state index contributed by atoms with van der Waals surface area (Å²) in [6.45, 7) is 4.36. The second-order valence-electron chi connectivity index (χ2n) is 4.37. The number of imidazole rings is 1. The standard InChI is InChI=1S/C12H15N5O3/c1-7-10(8(2)16-15-7)11(18)13-3-4-17-5-9(12(19)20)14-6-17/h5-6H,3-4H2,1-2H3,(H,13,18)(H,15,16)(H,19,20). The number of aromatic nitrogens is 4. The number of hydrogen-bond acceptors (Lipinski definition) is 4. The first-order valence-corrected chi connectivity index (χ1v) is 6.04. The van der Waals surface area contributed by atoms with E-state index in [1.807, 2.05) is 0 Å². The van der Waals surface area contributed by atoms with Gasteiger partial charge in [-0.2, -0.15) is 5.10 Å². The van der Waals surface area contributed by atoms with Gasteiger partial charge in [-0.05, 0) is 13.8 Å². The van der Waals surface area contributed by atoms with Gasteiger partial charge in [-0.15, -0.1) is 0 Å². The van der Waals surface area contributed by atoms with E-state index in [2.05, 4.69) is 20.5 Å². The minimum Gasteiger partial charge on any atom is -0.476 e. The molecule has 0 radical (unpaired) electrons. The van der Waals surface area contributed by atoms with Crippen LogP contribution in [0.4, 0.5) is 0 Å². The minimum absolute atomic E-state index is 0.0159. The number of carbonyl (C=O) groups excluding carboxylic acids is 1. The van der Waals surface area contributed by atoms with Crippen molar-refractivity contribution >= 4 is 11.9 Å². The number of H-pyrrole nitrogens is 1. The summed E-state index contributed by atoms with van der Waals surface area (Å²) in [5.41, 5.74) is 1.89. The third-order valence-corrected chi connectivity index (χ3v) is 2.86. The number of hydrogen-bond donors (Lipinski definition) is 3. The fourth-order valence-electron chi connectivity index (χ4n) is 1.87. The van der Waals surface area contributed by atoms with Crippen LogP contribution in [-0.4, -0.2) is 43.3 Å². The number of nitrogens with one attached hydrogen (secondary N) is 2. The third-order valence-electron chi connectivity index (χ3n) is 2.86. The summed E-state index contributed by atoms with van der Waals surface area (Å²) in [5, 5.41) is 18.2. The summed E-state index contributed by atoms with van der Waals surface area (Å²) in [7, 11) is 0. The number of nitrogens with zero attached hydrogens (tertiary/aromatic N) is 3. The van der Waals surface area contributed by atoms with Gasteiger partial charge in [0, 0.05) is 25.0 Å². The van der Waals surface area contributed by atoms with Gasteiger partial charge in [-0.3, -0.25) is 9.89 Å². The lowest BCUT2D eigenvalue weighted by molar-refractivity contribution is 0.0690. The van der Waals surface area contributed by atoms with E-state index in [4.69, 9.17) is 5.11 Å². The molecular formula is C12H15N5O3. The predicted molar refractivity (Wildman–Crippen MR) is 69.6 cm³/mol. The molecule has 0 fully saturated rings. The number of aryl methyl sites for hydroxylation is 2. The molecule has 20 heavy (non-hydrogen) atoms. The Kier molecular flexibility index (Phi) is 3.83. The summed E-state index contributed by atoms with van der Waals surface area (Å²) in [4.78, 5) is 26.4. The molecule has 0 atom stereocenters. The van der Waals surface area contributed by atoms with Crippen LogP contribution in [0.25, 0.3) is 0 Å². The maximum atomic E-state index is 12.0. The first-order chi connectivity index (χ1) is 9.49. The molecule has 2 aromatic rings. The largest absolute Gasteiger partial charge is 0.476 e. The van der Waals surface area contributed by atoms with Crippen LogP contribution in [-0.2, 0) is 6.54 Å². The molecule has 0 spiro atoms. The first-order valence-electron chi connectivity index (χ1n) is 6.04. The fourth-order valence-corrected chi connectivity index (χ4v) is 1.87. The molecule has 8 nitrogen and oxygen atoms in total. The van der Waals surface area contributed by atoms with Crippen molar-refractivity contribution in [3.05, 3.63) is 35.2 Å². The summed E-state index contributed by atoms with van der Waals surface area (Å²) >= 11 is 0. The Hall–Kier alpha value is -2.64. The topological polar surface area (TPSA) is 113 Å². The highest BCUT2D eigenvalue weighted by molar-refractivity contribution is 5.96. The van der Waals surface area contributed by atoms with Crippen molar-refractivity contribution in [3.8, 4) is 0 Å². The maximum absolute atomic E-state index is 12.0. The quantitative estimate of drug-likeness (QED) is 0.730. The Balaban J connectivity index is 1.89. The van der Waals surface area contributed by atoms with Crippen molar-refractivity contribution in [1.82, 2.24) is 25.1 Å². The molecule has 0 aliphatic rings. The van der Waals surface area contributed by atoms with Crippen molar-refractivity contribution in [2.45, 2.75) is 20.4 Å². The normalized spacial score (nSPS) is 10.5. The Morgan fingerprint density at radius 3 is 2.75 bits per heavy atom. The monoisotopic (exact) mass is 277 g/mol. The lowest BCUT2D eigenvalue weighted by Gasteiger charge is -2.05. The summed E-state index contributed by atoms with van der Waals surface area (Å²) in [6.07, 6.45) is 2.84. The lowest BCUT2D eigenvalue weighted by Crippen LogP contribution is -2.27. The predicted octanol–water partition coefficient (Wildman–Crippen LogP) is 0.351. The second kappa shape index (κ2) is 5.55. The first kappa shape index (κ1) is 13.8. The molecule has 8 heteroatoms. The van der Waals surface area contributed by atoms with E-state index in [9.17, 15) is 9.59 Å². The molecule has 0 bridgehead atoms. The van der Waals surface area contributed by atoms with Crippen LogP contribution in [0.15, 0.2) is 12.5 Å². The molecule has 3 N–H and O–H groups in total. The van der Waals surface area contributed by atoms with Crippen LogP contribution in [0.1, 0.15) is 32.2 Å². The molecular weight excluding hydrogens is 262 g/mol. The van der Waals surface area contributed by atoms with Crippen molar-refractivity contribution in [1.29, 1.82) is 0 Å². The highest BCUT2D eigenvalue weighted by Gasteiger charge is 2.14. The van der Waals surface area contributed by atoms with E-state index >= 15 is 0 Å². The van der Waals surface area contributed by atoms with E-state index in [1.54, 1.807) is 18.4 Å². The maximum Gasteiger partial charge on any atom is 0.356 e. The molecule has 0 aromatic carbocycles. The van der Waals surface area contributed by atoms with Crippen LogP contribution in [0.3, 0.4) is 0 Å². The van der Waals surface area contributed by atoms with E-state index in [-0.39, 0.29) is 11.6 Å². The van der Waals surface area contributed by atoms with Gasteiger partial charge in [-0.1, -0.05) is 0 Å². The molecule has 0 saturated heterocycles. The Morgan fingerprint density at radius 2 is 2.20 bits per heavy atom. The van der Waals surface area contributed by atoms with Crippen LogP contribution < -0.4 is 5.32 Å². The van der Waals surface area contributed by atoms with Gasteiger partial charge >= 0.3 is 5.97 Å². The number of amides is 1. The zero-order valence-electron chi connectivity index (χ0n) is 11.2. The number of aromatic amines is 1. The Morgan fingerprint density at radius 1 is 1.45 bits per heavy atom. The second-order valence-corrected chi connectivity index (χ2v) is 4.37. The molecule has 0 aliphatic heterocycles. The highest BCUT2D eigenvalue weighted by atomic mass is 16.4. The van der Waals surface area contributed by atoms with E-state index in [0.29, 0.717) is 24.3 Å². The Labute approximate surface area is 114 Å². The molecule has 106 valence electrons. The van der Waals surface area contributed by atoms with Gasteiger partial charge < -0.3 is 15.0 Å². The summed E-state index contributed by atoms with van der Waals surface area (Å²) in [6, 6.07) is 0. The van der Waals surface area contributed by atoms with Crippen LogP contribution >= 0.6 is 0 Å². The average Bonchev–Trinajstić information content (AvgIpc) is 2.97. The van der Waals surface area contributed by atoms with Crippen molar-refractivity contribution in [2.24, 2.45) is 0 Å². The van der Waals surface area contributed by atoms with Crippen LogP contribution in [0.2, 0.25) is 0 Å². The number of rotatable bonds is 5. The smallest absolute Gasteiger partial charge is 0.356 e. The molecule has 0 saturated carbocycles. The van der Waals surface area contributed by atoms with Crippen LogP contribution in [0, 0.1) is 13.8 Å². The van der Waals surface area contributed by atoms with Gasteiger partial charge in [-0.25, -0.2) is 9.78 Å². The Bertz CT molecular complexity index is 624.